The fourth-order valence-electron chi connectivity index (χ4n) is 0.748. The highest BCUT2D eigenvalue weighted by atomic mass is 127. The first-order valence-electron chi connectivity index (χ1n) is 3.02. The molecular weight excluding hydrogens is 374 g/mol. The lowest BCUT2D eigenvalue weighted by Gasteiger charge is -2.03. The predicted octanol–water partition coefficient (Wildman–Crippen LogP) is 3.20. The van der Waals surface area contributed by atoms with E-state index in [0.29, 0.717) is 8.04 Å². The minimum absolute atomic E-state index is 0.0149. The lowest BCUT2D eigenvalue weighted by molar-refractivity contribution is -0.384. The molecule has 13 heavy (non-hydrogen) atoms. The van der Waals surface area contributed by atoms with E-state index >= 15 is 0 Å². The van der Waals surface area contributed by atoms with Crippen molar-refractivity contribution in [3.63, 3.8) is 0 Å². The average Bonchev–Trinajstić information content (AvgIpc) is 2.07. The Morgan fingerprint density at radius 3 is 2.69 bits per heavy atom. The molecule has 0 saturated carbocycles. The maximum Gasteiger partial charge on any atom is 0.294 e. The van der Waals surface area contributed by atoms with Crippen LogP contribution in [0.1, 0.15) is 0 Å². The Hall–Kier alpha value is -0.0800. The van der Waals surface area contributed by atoms with Gasteiger partial charge in [-0.2, -0.15) is 0 Å². The second-order valence-electron chi connectivity index (χ2n) is 2.18. The molecular formula is C6H3BrClIN2O2. The van der Waals surface area contributed by atoms with Crippen LogP contribution in [0.15, 0.2) is 10.5 Å². The number of nitrogen functional groups attached to an aromatic ring is 1. The summed E-state index contributed by atoms with van der Waals surface area (Å²) in [7, 11) is 0. The molecule has 0 spiro atoms. The number of rotatable bonds is 1. The van der Waals surface area contributed by atoms with Gasteiger partial charge in [-0.15, -0.1) is 0 Å². The van der Waals surface area contributed by atoms with E-state index in [1.54, 1.807) is 0 Å². The molecule has 0 aromatic heterocycles. The molecule has 1 aromatic rings. The predicted molar refractivity (Wildman–Crippen MR) is 62.9 cm³/mol. The van der Waals surface area contributed by atoms with Crippen LogP contribution in [0, 0.1) is 13.7 Å². The molecule has 0 heterocycles. The molecule has 0 bridgehead atoms. The van der Waals surface area contributed by atoms with Crippen molar-refractivity contribution in [1.82, 2.24) is 0 Å². The van der Waals surface area contributed by atoms with Crippen LogP contribution in [0.3, 0.4) is 0 Å². The number of nitrogens with two attached hydrogens (primary N) is 1. The third-order valence-corrected chi connectivity index (χ3v) is 4.41. The van der Waals surface area contributed by atoms with Crippen LogP contribution in [0.5, 0.6) is 0 Å². The highest BCUT2D eigenvalue weighted by Crippen LogP contribution is 2.38. The van der Waals surface area contributed by atoms with Gasteiger partial charge < -0.3 is 5.73 Å². The van der Waals surface area contributed by atoms with Gasteiger partial charge in [0.15, 0.2) is 0 Å². The third-order valence-electron chi connectivity index (χ3n) is 1.37. The molecule has 1 rings (SSSR count). The first kappa shape index (κ1) is 11.0. The second-order valence-corrected chi connectivity index (χ2v) is 4.51. The van der Waals surface area contributed by atoms with Crippen LogP contribution in [-0.2, 0) is 0 Å². The molecule has 0 unspecified atom stereocenters. The highest BCUT2D eigenvalue weighted by Gasteiger charge is 2.19. The van der Waals surface area contributed by atoms with Crippen molar-refractivity contribution < 1.29 is 4.92 Å². The number of anilines is 1. The number of nitrogens with zero attached hydrogens (tertiary/aromatic N) is 1. The summed E-state index contributed by atoms with van der Waals surface area (Å²) in [6.45, 7) is 0. The molecule has 0 fully saturated rings. The van der Waals surface area contributed by atoms with Crippen molar-refractivity contribution >= 4 is 61.5 Å². The standard InChI is InChI=1S/C6H3BrClIN2O2/c7-4-2(9)1-3(11(12)13)6(10)5(4)8/h1H,10H2. The summed E-state index contributed by atoms with van der Waals surface area (Å²) >= 11 is 10.9. The van der Waals surface area contributed by atoms with Gasteiger partial charge in [-0.05, 0) is 38.5 Å². The number of hydrogen-bond acceptors (Lipinski definition) is 3. The highest BCUT2D eigenvalue weighted by molar-refractivity contribution is 14.1. The van der Waals surface area contributed by atoms with E-state index in [-0.39, 0.29) is 16.4 Å². The number of nitro benzene ring substituents is 1. The van der Waals surface area contributed by atoms with Gasteiger partial charge in [0.2, 0.25) is 0 Å². The van der Waals surface area contributed by atoms with Gasteiger partial charge in [0.05, 0.1) is 14.4 Å². The van der Waals surface area contributed by atoms with E-state index in [0.717, 1.165) is 0 Å². The second kappa shape index (κ2) is 3.97. The smallest absolute Gasteiger partial charge is 0.294 e. The van der Waals surface area contributed by atoms with Crippen molar-refractivity contribution in [2.45, 2.75) is 0 Å². The van der Waals surface area contributed by atoms with Gasteiger partial charge in [0.25, 0.3) is 5.69 Å². The van der Waals surface area contributed by atoms with E-state index in [2.05, 4.69) is 15.9 Å². The summed E-state index contributed by atoms with van der Waals surface area (Å²) in [5.41, 5.74) is 5.26. The van der Waals surface area contributed by atoms with Crippen LogP contribution in [0.4, 0.5) is 11.4 Å². The van der Waals surface area contributed by atoms with Crippen LogP contribution in [0.2, 0.25) is 5.02 Å². The topological polar surface area (TPSA) is 69.2 Å². The minimum Gasteiger partial charge on any atom is -0.392 e. The van der Waals surface area contributed by atoms with Crippen molar-refractivity contribution in [3.05, 3.63) is 29.2 Å². The van der Waals surface area contributed by atoms with E-state index in [1.165, 1.54) is 6.07 Å². The van der Waals surface area contributed by atoms with Crippen LogP contribution in [0.25, 0.3) is 0 Å². The molecule has 0 aliphatic carbocycles. The Morgan fingerprint density at radius 2 is 2.23 bits per heavy atom. The van der Waals surface area contributed by atoms with Crippen LogP contribution >= 0.6 is 50.1 Å². The minimum atomic E-state index is -0.560. The molecule has 0 radical (unpaired) electrons. The average molecular weight is 377 g/mol. The lowest BCUT2D eigenvalue weighted by Crippen LogP contribution is -1.98. The molecule has 0 aliphatic heterocycles. The maximum absolute atomic E-state index is 10.5. The summed E-state index contributed by atoms with van der Waals surface area (Å²) in [4.78, 5) is 9.93. The van der Waals surface area contributed by atoms with Gasteiger partial charge in [-0.1, -0.05) is 11.6 Å². The number of benzene rings is 1. The monoisotopic (exact) mass is 376 g/mol. The van der Waals surface area contributed by atoms with Crippen molar-refractivity contribution in [3.8, 4) is 0 Å². The van der Waals surface area contributed by atoms with Gasteiger partial charge in [0.1, 0.15) is 5.69 Å². The van der Waals surface area contributed by atoms with Crippen molar-refractivity contribution in [1.29, 1.82) is 0 Å². The summed E-state index contributed by atoms with van der Waals surface area (Å²) in [5.74, 6) is 0. The fourth-order valence-corrected chi connectivity index (χ4v) is 2.00. The van der Waals surface area contributed by atoms with Crippen molar-refractivity contribution in [2.24, 2.45) is 0 Å². The fraction of sp³-hybridized carbons (Fsp3) is 0. The number of nitro groups is 1. The van der Waals surface area contributed by atoms with E-state index < -0.39 is 4.92 Å². The quantitative estimate of drug-likeness (QED) is 0.269. The largest absolute Gasteiger partial charge is 0.392 e. The Morgan fingerprint density at radius 1 is 1.69 bits per heavy atom. The van der Waals surface area contributed by atoms with E-state index in [1.807, 2.05) is 22.6 Å². The summed E-state index contributed by atoms with van der Waals surface area (Å²) in [6, 6.07) is 1.37. The van der Waals surface area contributed by atoms with Gasteiger partial charge in [0, 0.05) is 9.64 Å². The molecule has 1 aromatic carbocycles. The molecule has 4 nitrogen and oxygen atoms in total. The Labute approximate surface area is 101 Å². The lowest BCUT2D eigenvalue weighted by atomic mass is 10.3. The Balaban J connectivity index is 3.50. The van der Waals surface area contributed by atoms with E-state index in [9.17, 15) is 10.1 Å². The summed E-state index contributed by atoms with van der Waals surface area (Å²) < 4.78 is 1.24. The molecule has 0 saturated heterocycles. The first-order valence-corrected chi connectivity index (χ1v) is 5.27. The molecule has 0 aliphatic rings. The number of hydrogen-bond donors (Lipinski definition) is 1. The van der Waals surface area contributed by atoms with Crippen molar-refractivity contribution in [2.75, 3.05) is 5.73 Å². The Bertz CT molecular complexity index is 385. The van der Waals surface area contributed by atoms with Gasteiger partial charge in [-0.3, -0.25) is 10.1 Å². The zero-order chi connectivity index (χ0) is 10.2. The van der Waals surface area contributed by atoms with Crippen LogP contribution < -0.4 is 5.73 Å². The molecule has 7 heteroatoms. The van der Waals surface area contributed by atoms with Crippen LogP contribution in [-0.4, -0.2) is 4.92 Å². The third kappa shape index (κ3) is 2.05. The molecule has 0 atom stereocenters. The number of halogens is 3. The zero-order valence-electron chi connectivity index (χ0n) is 6.05. The molecule has 0 amide bonds. The molecule has 70 valence electrons. The first-order chi connectivity index (χ1) is 5.95. The summed E-state index contributed by atoms with van der Waals surface area (Å²) in [5, 5.41) is 10.7. The molecule has 2 N–H and O–H groups in total. The van der Waals surface area contributed by atoms with Gasteiger partial charge in [-0.25, -0.2) is 0 Å². The zero-order valence-corrected chi connectivity index (χ0v) is 10.6. The summed E-state index contributed by atoms with van der Waals surface area (Å²) in [6.07, 6.45) is 0. The Kier molecular flexibility index (Phi) is 3.36. The maximum atomic E-state index is 10.5. The van der Waals surface area contributed by atoms with E-state index in [4.69, 9.17) is 17.3 Å². The normalized spacial score (nSPS) is 10.1. The SMILES string of the molecule is Nc1c([N+](=O)[O-])cc(I)c(Br)c1Cl. The van der Waals surface area contributed by atoms with Gasteiger partial charge >= 0.3 is 0 Å².